The van der Waals surface area contributed by atoms with E-state index in [0.717, 1.165) is 6.29 Å². The van der Waals surface area contributed by atoms with Gasteiger partial charge >= 0.3 is 5.97 Å². The number of rotatable bonds is 6. The van der Waals surface area contributed by atoms with Crippen LogP contribution in [0.3, 0.4) is 0 Å². The summed E-state index contributed by atoms with van der Waals surface area (Å²) in [5.41, 5.74) is -0.830. The summed E-state index contributed by atoms with van der Waals surface area (Å²) >= 11 is 0. The molecule has 0 heterocycles. The average molecular weight is 216 g/mol. The van der Waals surface area contributed by atoms with E-state index in [2.05, 4.69) is 0 Å². The van der Waals surface area contributed by atoms with Crippen LogP contribution in [0.25, 0.3) is 0 Å². The summed E-state index contributed by atoms with van der Waals surface area (Å²) < 4.78 is 10.3. The topological polar surface area (TPSA) is 52.6 Å². The molecule has 4 nitrogen and oxygen atoms in total. The third-order valence-electron chi connectivity index (χ3n) is 1.72. The molecule has 0 aliphatic heterocycles. The second-order valence-corrected chi connectivity index (χ2v) is 4.43. The Kier molecular flexibility index (Phi) is 5.50. The fourth-order valence-electron chi connectivity index (χ4n) is 0.946. The number of hydrogen-bond acceptors (Lipinski definition) is 4. The Morgan fingerprint density at radius 2 is 1.87 bits per heavy atom. The predicted octanol–water partition coefficient (Wildman–Crippen LogP) is 1.57. The van der Waals surface area contributed by atoms with Crippen LogP contribution >= 0.6 is 0 Å². The normalized spacial score (nSPS) is 13.7. The maximum atomic E-state index is 11.1. The van der Waals surface area contributed by atoms with E-state index >= 15 is 0 Å². The largest absolute Gasteiger partial charge is 0.463 e. The first kappa shape index (κ1) is 14.1. The van der Waals surface area contributed by atoms with Crippen LogP contribution in [0.5, 0.6) is 0 Å². The van der Waals surface area contributed by atoms with Crippen LogP contribution in [0.1, 0.15) is 34.6 Å². The lowest BCUT2D eigenvalue weighted by atomic mass is 10.1. The number of ether oxygens (including phenoxy) is 2. The van der Waals surface area contributed by atoms with Crippen LogP contribution in [0.4, 0.5) is 0 Å². The molecule has 0 aromatic rings. The van der Waals surface area contributed by atoms with Crippen molar-refractivity contribution in [3.05, 3.63) is 0 Å². The molecule has 0 N–H and O–H groups in total. The van der Waals surface area contributed by atoms with Crippen LogP contribution in [0.15, 0.2) is 0 Å². The Morgan fingerprint density at radius 1 is 1.33 bits per heavy atom. The van der Waals surface area contributed by atoms with Gasteiger partial charge in [0, 0.05) is 0 Å². The van der Waals surface area contributed by atoms with Crippen LogP contribution < -0.4 is 0 Å². The molecule has 0 bridgehead atoms. The Hall–Kier alpha value is -0.900. The molecule has 1 unspecified atom stereocenters. The molecule has 0 spiro atoms. The number of hydrogen-bond donors (Lipinski definition) is 0. The Morgan fingerprint density at radius 3 is 2.27 bits per heavy atom. The van der Waals surface area contributed by atoms with Crippen LogP contribution in [0.2, 0.25) is 0 Å². The minimum Gasteiger partial charge on any atom is -0.463 e. The third-order valence-corrected chi connectivity index (χ3v) is 1.72. The fourth-order valence-corrected chi connectivity index (χ4v) is 0.946. The molecule has 0 radical (unpaired) electrons. The summed E-state index contributed by atoms with van der Waals surface area (Å²) in [6, 6.07) is 0. The monoisotopic (exact) mass is 216 g/mol. The number of carbonyl (C=O) groups excluding carboxylic acids is 2. The summed E-state index contributed by atoms with van der Waals surface area (Å²) in [5.74, 6) is -0.398. The van der Waals surface area contributed by atoms with Crippen molar-refractivity contribution in [3.8, 4) is 0 Å². The van der Waals surface area contributed by atoms with Gasteiger partial charge in [-0.15, -0.1) is 0 Å². The zero-order chi connectivity index (χ0) is 12.1. The van der Waals surface area contributed by atoms with Crippen LogP contribution in [0, 0.1) is 5.92 Å². The zero-order valence-corrected chi connectivity index (χ0v) is 10.1. The summed E-state index contributed by atoms with van der Waals surface area (Å²) in [4.78, 5) is 21.7. The van der Waals surface area contributed by atoms with E-state index in [4.69, 9.17) is 9.47 Å². The second kappa shape index (κ2) is 5.85. The first-order valence-electron chi connectivity index (χ1n) is 5.09. The van der Waals surface area contributed by atoms with Gasteiger partial charge in [-0.05, 0) is 20.8 Å². The third kappa shape index (κ3) is 6.23. The lowest BCUT2D eigenvalue weighted by Gasteiger charge is -2.23. The Labute approximate surface area is 90.9 Å². The number of carbonyl (C=O) groups is 2. The van der Waals surface area contributed by atoms with Gasteiger partial charge in [-0.1, -0.05) is 13.8 Å². The van der Waals surface area contributed by atoms with Crippen molar-refractivity contribution in [3.63, 3.8) is 0 Å². The van der Waals surface area contributed by atoms with Crippen molar-refractivity contribution in [1.29, 1.82) is 0 Å². The van der Waals surface area contributed by atoms with Gasteiger partial charge in [-0.25, -0.2) is 0 Å². The molecule has 0 rings (SSSR count). The summed E-state index contributed by atoms with van der Waals surface area (Å²) in [6.45, 7) is 8.81. The van der Waals surface area contributed by atoms with E-state index in [1.165, 1.54) is 0 Å². The minimum atomic E-state index is -0.830. The second-order valence-electron chi connectivity index (χ2n) is 4.43. The standard InChI is InChI=1S/C11H20O4/c1-8(2)10(13)14-6-9(3)15-11(4,5)7-12/h7-9H,6H2,1-5H3. The maximum Gasteiger partial charge on any atom is 0.308 e. The lowest BCUT2D eigenvalue weighted by molar-refractivity contribution is -0.157. The van der Waals surface area contributed by atoms with Crippen molar-refractivity contribution < 1.29 is 19.1 Å². The predicted molar refractivity (Wildman–Crippen MR) is 56.5 cm³/mol. The van der Waals surface area contributed by atoms with E-state index in [1.807, 2.05) is 0 Å². The molecular weight excluding hydrogens is 196 g/mol. The highest BCUT2D eigenvalue weighted by Gasteiger charge is 2.21. The van der Waals surface area contributed by atoms with Crippen molar-refractivity contribution in [1.82, 2.24) is 0 Å². The van der Waals surface area contributed by atoms with E-state index in [1.54, 1.807) is 34.6 Å². The first-order valence-corrected chi connectivity index (χ1v) is 5.09. The molecule has 0 aromatic heterocycles. The highest BCUT2D eigenvalue weighted by Crippen LogP contribution is 2.09. The Balaban J connectivity index is 3.90. The van der Waals surface area contributed by atoms with Crippen molar-refractivity contribution in [2.45, 2.75) is 46.3 Å². The molecule has 0 aliphatic carbocycles. The van der Waals surface area contributed by atoms with Crippen LogP contribution in [-0.4, -0.2) is 30.6 Å². The Bertz CT molecular complexity index is 221. The van der Waals surface area contributed by atoms with Gasteiger partial charge in [0.2, 0.25) is 0 Å². The average Bonchev–Trinajstić information content (AvgIpc) is 2.13. The van der Waals surface area contributed by atoms with Gasteiger partial charge in [-0.2, -0.15) is 0 Å². The van der Waals surface area contributed by atoms with E-state index < -0.39 is 5.60 Å². The van der Waals surface area contributed by atoms with E-state index in [-0.39, 0.29) is 24.6 Å². The lowest BCUT2D eigenvalue weighted by Crippen LogP contribution is -2.33. The van der Waals surface area contributed by atoms with Gasteiger partial charge in [0.15, 0.2) is 6.29 Å². The quantitative estimate of drug-likeness (QED) is 0.499. The van der Waals surface area contributed by atoms with E-state index in [9.17, 15) is 9.59 Å². The molecule has 0 aromatic carbocycles. The molecule has 4 heteroatoms. The van der Waals surface area contributed by atoms with Gasteiger partial charge in [0.25, 0.3) is 0 Å². The maximum absolute atomic E-state index is 11.1. The smallest absolute Gasteiger partial charge is 0.308 e. The van der Waals surface area contributed by atoms with Crippen molar-refractivity contribution >= 4 is 12.3 Å². The van der Waals surface area contributed by atoms with Crippen molar-refractivity contribution in [2.24, 2.45) is 5.92 Å². The summed E-state index contributed by atoms with van der Waals surface area (Å²) in [6.07, 6.45) is 0.446. The summed E-state index contributed by atoms with van der Waals surface area (Å²) in [5, 5.41) is 0. The molecule has 0 aliphatic rings. The van der Waals surface area contributed by atoms with Gasteiger partial charge in [0.1, 0.15) is 12.2 Å². The first-order chi connectivity index (χ1) is 6.78. The zero-order valence-electron chi connectivity index (χ0n) is 10.1. The summed E-state index contributed by atoms with van der Waals surface area (Å²) in [7, 11) is 0. The molecule has 88 valence electrons. The van der Waals surface area contributed by atoms with Crippen molar-refractivity contribution in [2.75, 3.05) is 6.61 Å². The number of aldehydes is 1. The van der Waals surface area contributed by atoms with Gasteiger partial charge in [0.05, 0.1) is 12.0 Å². The highest BCUT2D eigenvalue weighted by molar-refractivity contribution is 5.71. The van der Waals surface area contributed by atoms with E-state index in [0.29, 0.717) is 0 Å². The minimum absolute atomic E-state index is 0.142. The molecule has 0 saturated heterocycles. The molecule has 1 atom stereocenters. The molecular formula is C11H20O4. The van der Waals surface area contributed by atoms with Gasteiger partial charge < -0.3 is 14.3 Å². The fraction of sp³-hybridized carbons (Fsp3) is 0.818. The highest BCUT2D eigenvalue weighted by atomic mass is 16.6. The molecule has 0 saturated carbocycles. The molecule has 15 heavy (non-hydrogen) atoms. The number of esters is 1. The molecule has 0 amide bonds. The molecule has 0 fully saturated rings. The van der Waals surface area contributed by atoms with Gasteiger partial charge in [-0.3, -0.25) is 4.79 Å². The SMILES string of the molecule is CC(COC(=O)C(C)C)OC(C)(C)C=O. The van der Waals surface area contributed by atoms with Crippen LogP contribution in [-0.2, 0) is 19.1 Å².